The zero-order valence-electron chi connectivity index (χ0n) is 8.76. The average Bonchev–Trinajstić information content (AvgIpc) is 2.30. The Labute approximate surface area is 94.0 Å². The summed E-state index contributed by atoms with van der Waals surface area (Å²) in [5, 5.41) is 1.81. The standard InChI is InChI=1S/C12H13N3O/c13-12(16)10-5-4-8-15(9-10)14-11-6-2-1-3-7-11/h1-7,9,14H,8H2,(H2,13,16). The highest BCUT2D eigenvalue weighted by Crippen LogP contribution is 2.11. The highest BCUT2D eigenvalue weighted by molar-refractivity contribution is 5.94. The Morgan fingerprint density at radius 2 is 2.06 bits per heavy atom. The minimum absolute atomic E-state index is 0.421. The van der Waals surface area contributed by atoms with E-state index in [-0.39, 0.29) is 0 Å². The fraction of sp³-hybridized carbons (Fsp3) is 0.0833. The van der Waals surface area contributed by atoms with E-state index in [2.05, 4.69) is 5.43 Å². The Hall–Kier alpha value is -2.23. The second-order valence-corrected chi connectivity index (χ2v) is 3.48. The van der Waals surface area contributed by atoms with Crippen molar-refractivity contribution >= 4 is 11.6 Å². The number of carbonyl (C=O) groups is 1. The minimum Gasteiger partial charge on any atom is -0.366 e. The molecule has 0 unspecified atom stereocenters. The Bertz CT molecular complexity index is 437. The number of anilines is 1. The molecule has 1 amide bonds. The van der Waals surface area contributed by atoms with Gasteiger partial charge < -0.3 is 5.73 Å². The number of carbonyl (C=O) groups excluding carboxylic acids is 1. The van der Waals surface area contributed by atoms with Gasteiger partial charge in [-0.25, -0.2) is 0 Å². The van der Waals surface area contributed by atoms with Gasteiger partial charge in [0.25, 0.3) is 0 Å². The maximum Gasteiger partial charge on any atom is 0.250 e. The summed E-state index contributed by atoms with van der Waals surface area (Å²) in [4.78, 5) is 11.0. The maximum absolute atomic E-state index is 11.0. The Morgan fingerprint density at radius 1 is 1.31 bits per heavy atom. The molecule has 1 aromatic rings. The van der Waals surface area contributed by atoms with E-state index < -0.39 is 5.91 Å². The summed E-state index contributed by atoms with van der Waals surface area (Å²) in [6.07, 6.45) is 5.32. The number of benzene rings is 1. The molecule has 1 aliphatic rings. The molecule has 0 saturated heterocycles. The first-order valence-corrected chi connectivity index (χ1v) is 5.02. The molecule has 0 aliphatic carbocycles. The van der Waals surface area contributed by atoms with E-state index in [1.807, 2.05) is 41.4 Å². The van der Waals surface area contributed by atoms with Crippen LogP contribution in [0.4, 0.5) is 5.69 Å². The Kier molecular flexibility index (Phi) is 2.91. The van der Waals surface area contributed by atoms with E-state index in [1.165, 1.54) is 0 Å². The summed E-state index contributed by atoms with van der Waals surface area (Å²) in [6.45, 7) is 0.700. The molecule has 0 spiro atoms. The number of hydrogen-bond acceptors (Lipinski definition) is 3. The van der Waals surface area contributed by atoms with Crippen LogP contribution in [0.1, 0.15) is 0 Å². The van der Waals surface area contributed by atoms with Crippen molar-refractivity contribution in [2.75, 3.05) is 12.0 Å². The smallest absolute Gasteiger partial charge is 0.250 e. The van der Waals surface area contributed by atoms with E-state index in [1.54, 1.807) is 12.3 Å². The van der Waals surface area contributed by atoms with Crippen molar-refractivity contribution in [2.45, 2.75) is 0 Å². The average molecular weight is 215 g/mol. The van der Waals surface area contributed by atoms with Crippen molar-refractivity contribution < 1.29 is 4.79 Å². The van der Waals surface area contributed by atoms with Crippen molar-refractivity contribution in [2.24, 2.45) is 5.73 Å². The van der Waals surface area contributed by atoms with Crippen LogP contribution in [-0.2, 0) is 4.79 Å². The molecule has 4 nitrogen and oxygen atoms in total. The van der Waals surface area contributed by atoms with Crippen LogP contribution in [0.3, 0.4) is 0 Å². The maximum atomic E-state index is 11.0. The minimum atomic E-state index is -0.421. The molecule has 0 fully saturated rings. The van der Waals surface area contributed by atoms with Gasteiger partial charge in [-0.1, -0.05) is 30.4 Å². The molecule has 0 atom stereocenters. The summed E-state index contributed by atoms with van der Waals surface area (Å²) in [7, 11) is 0. The molecule has 0 aromatic heterocycles. The van der Waals surface area contributed by atoms with Crippen LogP contribution < -0.4 is 11.2 Å². The van der Waals surface area contributed by atoms with Crippen molar-refractivity contribution in [3.8, 4) is 0 Å². The lowest BCUT2D eigenvalue weighted by molar-refractivity contribution is -0.114. The third kappa shape index (κ3) is 2.42. The molecule has 1 aliphatic heterocycles. The molecule has 0 radical (unpaired) electrons. The van der Waals surface area contributed by atoms with Crippen molar-refractivity contribution in [3.05, 3.63) is 54.3 Å². The van der Waals surface area contributed by atoms with Gasteiger partial charge in [0.05, 0.1) is 17.8 Å². The first kappa shape index (κ1) is 10.3. The van der Waals surface area contributed by atoms with Gasteiger partial charge in [0, 0.05) is 6.20 Å². The number of amides is 1. The molecule has 16 heavy (non-hydrogen) atoms. The predicted molar refractivity (Wildman–Crippen MR) is 63.2 cm³/mol. The molecule has 3 N–H and O–H groups in total. The normalized spacial score (nSPS) is 14.5. The van der Waals surface area contributed by atoms with Crippen molar-refractivity contribution in [1.29, 1.82) is 0 Å². The number of nitrogens with zero attached hydrogens (tertiary/aromatic N) is 1. The van der Waals surface area contributed by atoms with Gasteiger partial charge in [0.15, 0.2) is 0 Å². The monoisotopic (exact) mass is 215 g/mol. The molecule has 1 aromatic carbocycles. The van der Waals surface area contributed by atoms with Crippen LogP contribution in [0.2, 0.25) is 0 Å². The predicted octanol–water partition coefficient (Wildman–Crippen LogP) is 1.25. The quantitative estimate of drug-likeness (QED) is 0.798. The molecular weight excluding hydrogens is 202 g/mol. The van der Waals surface area contributed by atoms with Crippen molar-refractivity contribution in [3.63, 3.8) is 0 Å². The van der Waals surface area contributed by atoms with Gasteiger partial charge in [-0.2, -0.15) is 0 Å². The largest absolute Gasteiger partial charge is 0.366 e. The molecular formula is C12H13N3O. The molecule has 2 rings (SSSR count). The van der Waals surface area contributed by atoms with E-state index in [9.17, 15) is 4.79 Å². The topological polar surface area (TPSA) is 58.4 Å². The SMILES string of the molecule is NC(=O)C1=CN(Nc2ccccc2)CC=C1. The van der Waals surface area contributed by atoms with E-state index in [0.29, 0.717) is 12.1 Å². The zero-order valence-corrected chi connectivity index (χ0v) is 8.76. The molecule has 82 valence electrons. The lowest BCUT2D eigenvalue weighted by Crippen LogP contribution is -2.29. The summed E-state index contributed by atoms with van der Waals surface area (Å²) in [6, 6.07) is 9.75. The van der Waals surface area contributed by atoms with Gasteiger partial charge in [0.1, 0.15) is 0 Å². The summed E-state index contributed by atoms with van der Waals surface area (Å²) in [5.41, 5.74) is 9.84. The van der Waals surface area contributed by atoms with E-state index in [4.69, 9.17) is 5.73 Å². The van der Waals surface area contributed by atoms with Crippen LogP contribution in [-0.4, -0.2) is 17.5 Å². The molecule has 1 heterocycles. The first-order chi connectivity index (χ1) is 7.75. The number of nitrogens with one attached hydrogen (secondary N) is 1. The zero-order chi connectivity index (χ0) is 11.4. The second-order valence-electron chi connectivity index (χ2n) is 3.48. The second kappa shape index (κ2) is 4.53. The van der Waals surface area contributed by atoms with Crippen molar-refractivity contribution in [1.82, 2.24) is 5.01 Å². The number of hydrogen-bond donors (Lipinski definition) is 2. The van der Waals surface area contributed by atoms with Gasteiger partial charge >= 0.3 is 0 Å². The van der Waals surface area contributed by atoms with Crippen LogP contribution in [0, 0.1) is 0 Å². The van der Waals surface area contributed by atoms with Crippen LogP contribution in [0.5, 0.6) is 0 Å². The summed E-state index contributed by atoms with van der Waals surface area (Å²) < 4.78 is 0. The lowest BCUT2D eigenvalue weighted by atomic mass is 10.2. The number of primary amides is 1. The summed E-state index contributed by atoms with van der Waals surface area (Å²) >= 11 is 0. The lowest BCUT2D eigenvalue weighted by Gasteiger charge is -2.24. The fourth-order valence-corrected chi connectivity index (χ4v) is 1.46. The van der Waals surface area contributed by atoms with E-state index >= 15 is 0 Å². The Balaban J connectivity index is 2.07. The number of hydrazine groups is 1. The molecule has 0 saturated carbocycles. The Morgan fingerprint density at radius 3 is 2.75 bits per heavy atom. The highest BCUT2D eigenvalue weighted by atomic mass is 16.1. The first-order valence-electron chi connectivity index (χ1n) is 5.02. The summed E-state index contributed by atoms with van der Waals surface area (Å²) in [5.74, 6) is -0.421. The third-order valence-corrected chi connectivity index (χ3v) is 2.23. The van der Waals surface area contributed by atoms with Crippen LogP contribution in [0.25, 0.3) is 0 Å². The number of para-hydroxylation sites is 1. The van der Waals surface area contributed by atoms with Gasteiger partial charge in [-0.05, 0) is 12.1 Å². The fourth-order valence-electron chi connectivity index (χ4n) is 1.46. The van der Waals surface area contributed by atoms with Crippen LogP contribution in [0.15, 0.2) is 54.3 Å². The highest BCUT2D eigenvalue weighted by Gasteiger charge is 2.08. The van der Waals surface area contributed by atoms with Gasteiger partial charge in [-0.15, -0.1) is 0 Å². The molecule has 4 heteroatoms. The van der Waals surface area contributed by atoms with Gasteiger partial charge in [-0.3, -0.25) is 15.2 Å². The van der Waals surface area contributed by atoms with Gasteiger partial charge in [0.2, 0.25) is 5.91 Å². The molecule has 0 bridgehead atoms. The number of rotatable bonds is 3. The number of nitrogens with two attached hydrogens (primary N) is 1. The third-order valence-electron chi connectivity index (χ3n) is 2.23. The van der Waals surface area contributed by atoms with Crippen LogP contribution >= 0.6 is 0 Å². The van der Waals surface area contributed by atoms with E-state index in [0.717, 1.165) is 5.69 Å².